The predicted molar refractivity (Wildman–Crippen MR) is 87.0 cm³/mol. The average Bonchev–Trinajstić information content (AvgIpc) is 2.96. The second kappa shape index (κ2) is 7.00. The first-order valence-electron chi connectivity index (χ1n) is 7.80. The molecule has 0 aliphatic carbocycles. The molecule has 1 fully saturated rings. The Bertz CT molecular complexity index is 563. The number of nitrogens with one attached hydrogen (secondary N) is 1. The van der Waals surface area contributed by atoms with Crippen LogP contribution in [0, 0.1) is 0 Å². The van der Waals surface area contributed by atoms with Gasteiger partial charge < -0.3 is 15.2 Å². The highest BCUT2D eigenvalue weighted by Crippen LogP contribution is 2.22. The van der Waals surface area contributed by atoms with Crippen LogP contribution in [-0.4, -0.2) is 40.2 Å². The number of benzene rings is 1. The molecule has 1 aliphatic heterocycles. The van der Waals surface area contributed by atoms with Crippen LogP contribution in [0.1, 0.15) is 39.2 Å². The summed E-state index contributed by atoms with van der Waals surface area (Å²) in [4.78, 5) is 26.1. The van der Waals surface area contributed by atoms with Crippen LogP contribution < -0.4 is 5.32 Å². The fourth-order valence-electron chi connectivity index (χ4n) is 2.50. The summed E-state index contributed by atoms with van der Waals surface area (Å²) in [5, 5.41) is 11.8. The van der Waals surface area contributed by atoms with E-state index in [2.05, 4.69) is 5.32 Å². The topological polar surface area (TPSA) is 78.9 Å². The molecule has 0 saturated carbocycles. The molecule has 2 rings (SSSR count). The summed E-state index contributed by atoms with van der Waals surface area (Å²) in [5.41, 5.74) is 0.836. The fraction of sp³-hybridized carbons (Fsp3) is 0.529. The van der Waals surface area contributed by atoms with E-state index in [-0.39, 0.29) is 12.5 Å². The van der Waals surface area contributed by atoms with Gasteiger partial charge in [0.25, 0.3) is 0 Å². The lowest BCUT2D eigenvalue weighted by atomic mass is 10.2. The first kappa shape index (κ1) is 17.3. The smallest absolute Gasteiger partial charge is 0.410 e. The molecule has 0 aromatic heterocycles. The van der Waals surface area contributed by atoms with Gasteiger partial charge >= 0.3 is 6.09 Å². The number of aliphatic hydroxyl groups excluding tert-OH is 1. The van der Waals surface area contributed by atoms with Crippen molar-refractivity contribution in [3.05, 3.63) is 29.8 Å². The van der Waals surface area contributed by atoms with E-state index >= 15 is 0 Å². The van der Waals surface area contributed by atoms with Crippen LogP contribution in [0.5, 0.6) is 0 Å². The maximum atomic E-state index is 12.4. The number of rotatable bonds is 3. The van der Waals surface area contributed by atoms with Gasteiger partial charge in [0.2, 0.25) is 5.91 Å². The first-order valence-corrected chi connectivity index (χ1v) is 7.80. The zero-order valence-corrected chi connectivity index (χ0v) is 13.8. The molecule has 1 aromatic rings. The molecule has 1 atom stereocenters. The molecular formula is C17H24N2O4. The Morgan fingerprint density at radius 1 is 1.30 bits per heavy atom. The number of carbonyl (C=O) groups excluding carboxylic acids is 2. The highest BCUT2D eigenvalue weighted by Gasteiger charge is 2.36. The van der Waals surface area contributed by atoms with E-state index in [0.29, 0.717) is 18.7 Å². The van der Waals surface area contributed by atoms with Crippen molar-refractivity contribution in [2.45, 2.75) is 51.9 Å². The lowest BCUT2D eigenvalue weighted by Gasteiger charge is -2.28. The largest absolute Gasteiger partial charge is 0.444 e. The van der Waals surface area contributed by atoms with Crippen molar-refractivity contribution in [1.82, 2.24) is 4.90 Å². The minimum atomic E-state index is -0.583. The summed E-state index contributed by atoms with van der Waals surface area (Å²) in [6, 6.07) is 6.44. The van der Waals surface area contributed by atoms with E-state index in [4.69, 9.17) is 9.84 Å². The molecule has 1 aliphatic rings. The third-order valence-electron chi connectivity index (χ3n) is 3.59. The standard InChI is InChI=1S/C17H24N2O4/c1-17(2,3)23-16(22)19-10-4-5-14(19)15(21)18-13-8-6-12(11-20)7-9-13/h6-9,14,20H,4-5,10-11H2,1-3H3,(H,18,21)/t14-/m0/s1. The summed E-state index contributed by atoms with van der Waals surface area (Å²) in [5.74, 6) is -0.217. The minimum absolute atomic E-state index is 0.0384. The fourth-order valence-corrected chi connectivity index (χ4v) is 2.50. The Kier molecular flexibility index (Phi) is 5.26. The van der Waals surface area contributed by atoms with Gasteiger partial charge in [-0.25, -0.2) is 4.79 Å². The van der Waals surface area contributed by atoms with Gasteiger partial charge in [0.05, 0.1) is 6.61 Å². The van der Waals surface area contributed by atoms with E-state index in [1.165, 1.54) is 4.90 Å². The van der Waals surface area contributed by atoms with Gasteiger partial charge in [0.15, 0.2) is 0 Å². The van der Waals surface area contributed by atoms with E-state index in [9.17, 15) is 9.59 Å². The third-order valence-corrected chi connectivity index (χ3v) is 3.59. The van der Waals surface area contributed by atoms with Crippen molar-refractivity contribution in [3.8, 4) is 0 Å². The number of anilines is 1. The minimum Gasteiger partial charge on any atom is -0.444 e. The molecule has 6 nitrogen and oxygen atoms in total. The zero-order valence-electron chi connectivity index (χ0n) is 13.8. The summed E-state index contributed by atoms with van der Waals surface area (Å²) in [6.45, 7) is 5.90. The quantitative estimate of drug-likeness (QED) is 0.897. The van der Waals surface area contributed by atoms with Gasteiger partial charge in [-0.3, -0.25) is 9.69 Å². The van der Waals surface area contributed by atoms with Crippen LogP contribution >= 0.6 is 0 Å². The van der Waals surface area contributed by atoms with Crippen LogP contribution in [-0.2, 0) is 16.1 Å². The lowest BCUT2D eigenvalue weighted by molar-refractivity contribution is -0.120. The number of hydrogen-bond donors (Lipinski definition) is 2. The van der Waals surface area contributed by atoms with Gasteiger partial charge in [-0.1, -0.05) is 12.1 Å². The second-order valence-electron chi connectivity index (χ2n) is 6.68. The molecule has 0 bridgehead atoms. The molecule has 0 radical (unpaired) electrons. The SMILES string of the molecule is CC(C)(C)OC(=O)N1CCC[C@H]1C(=O)Nc1ccc(CO)cc1. The summed E-state index contributed by atoms with van der Waals surface area (Å²) < 4.78 is 5.36. The first-order chi connectivity index (χ1) is 10.8. The van der Waals surface area contributed by atoms with Crippen molar-refractivity contribution in [2.75, 3.05) is 11.9 Å². The molecule has 2 amide bonds. The van der Waals surface area contributed by atoms with Gasteiger partial charge in [-0.05, 0) is 51.3 Å². The predicted octanol–water partition coefficient (Wildman–Crippen LogP) is 2.52. The number of likely N-dealkylation sites (tertiary alicyclic amines) is 1. The third kappa shape index (κ3) is 4.69. The maximum Gasteiger partial charge on any atom is 0.410 e. The molecule has 0 unspecified atom stereocenters. The number of carbonyl (C=O) groups is 2. The van der Waals surface area contributed by atoms with Gasteiger partial charge in [0, 0.05) is 12.2 Å². The van der Waals surface area contributed by atoms with Crippen molar-refractivity contribution in [1.29, 1.82) is 0 Å². The Labute approximate surface area is 136 Å². The zero-order chi connectivity index (χ0) is 17.0. The molecule has 1 saturated heterocycles. The highest BCUT2D eigenvalue weighted by atomic mass is 16.6. The van der Waals surface area contributed by atoms with Crippen LogP contribution in [0.15, 0.2) is 24.3 Å². The highest BCUT2D eigenvalue weighted by molar-refractivity contribution is 5.96. The van der Waals surface area contributed by atoms with Crippen molar-refractivity contribution in [2.24, 2.45) is 0 Å². The van der Waals surface area contributed by atoms with Crippen LogP contribution in [0.2, 0.25) is 0 Å². The summed E-state index contributed by atoms with van der Waals surface area (Å²) >= 11 is 0. The summed E-state index contributed by atoms with van der Waals surface area (Å²) in [7, 11) is 0. The van der Waals surface area contributed by atoms with E-state index in [0.717, 1.165) is 12.0 Å². The van der Waals surface area contributed by atoms with Crippen molar-refractivity contribution >= 4 is 17.7 Å². The summed E-state index contributed by atoms with van der Waals surface area (Å²) in [6.07, 6.45) is 0.950. The molecule has 126 valence electrons. The number of nitrogens with zero attached hydrogens (tertiary/aromatic N) is 1. The number of ether oxygens (including phenoxy) is 1. The van der Waals surface area contributed by atoms with Crippen molar-refractivity contribution < 1.29 is 19.4 Å². The van der Waals surface area contributed by atoms with Crippen LogP contribution in [0.25, 0.3) is 0 Å². The van der Waals surface area contributed by atoms with E-state index in [1.54, 1.807) is 45.0 Å². The molecule has 6 heteroatoms. The molecule has 1 aromatic carbocycles. The average molecular weight is 320 g/mol. The molecular weight excluding hydrogens is 296 g/mol. The molecule has 2 N–H and O–H groups in total. The van der Waals surface area contributed by atoms with E-state index in [1.807, 2.05) is 0 Å². The Balaban J connectivity index is 2.00. The number of hydrogen-bond acceptors (Lipinski definition) is 4. The molecule has 1 heterocycles. The van der Waals surface area contributed by atoms with Crippen LogP contribution in [0.3, 0.4) is 0 Å². The Morgan fingerprint density at radius 3 is 2.52 bits per heavy atom. The van der Waals surface area contributed by atoms with Crippen molar-refractivity contribution in [3.63, 3.8) is 0 Å². The van der Waals surface area contributed by atoms with Gasteiger partial charge in [-0.2, -0.15) is 0 Å². The number of amides is 2. The second-order valence-corrected chi connectivity index (χ2v) is 6.68. The molecule has 23 heavy (non-hydrogen) atoms. The lowest BCUT2D eigenvalue weighted by Crippen LogP contribution is -2.45. The monoisotopic (exact) mass is 320 g/mol. The van der Waals surface area contributed by atoms with Gasteiger partial charge in [-0.15, -0.1) is 0 Å². The normalized spacial score (nSPS) is 17.9. The van der Waals surface area contributed by atoms with Crippen LogP contribution in [0.4, 0.5) is 10.5 Å². The van der Waals surface area contributed by atoms with Gasteiger partial charge in [0.1, 0.15) is 11.6 Å². The molecule has 0 spiro atoms. The Hall–Kier alpha value is -2.08. The number of aliphatic hydroxyl groups is 1. The maximum absolute atomic E-state index is 12.4. The van der Waals surface area contributed by atoms with E-state index < -0.39 is 17.7 Å². The Morgan fingerprint density at radius 2 is 1.96 bits per heavy atom.